The summed E-state index contributed by atoms with van der Waals surface area (Å²) in [5.41, 5.74) is 1.26. The highest BCUT2D eigenvalue weighted by Gasteiger charge is 2.12. The quantitative estimate of drug-likeness (QED) is 0.607. The molecule has 1 amide bonds. The van der Waals surface area contributed by atoms with Gasteiger partial charge in [-0.2, -0.15) is 0 Å². The highest BCUT2D eigenvalue weighted by atomic mass is 32.2. The van der Waals surface area contributed by atoms with Gasteiger partial charge in [0.05, 0.1) is 10.6 Å². The van der Waals surface area contributed by atoms with Crippen molar-refractivity contribution in [3.8, 4) is 0 Å². The Balaban J connectivity index is 1.67. The summed E-state index contributed by atoms with van der Waals surface area (Å²) < 4.78 is 27.2. The van der Waals surface area contributed by atoms with E-state index < -0.39 is 10.0 Å². The normalized spacial score (nSPS) is 11.4. The largest absolute Gasteiger partial charge is 0.321 e. The predicted octanol–water partition coefficient (Wildman–Crippen LogP) is 3.76. The van der Waals surface area contributed by atoms with Gasteiger partial charge in [-0.3, -0.25) is 4.79 Å². The minimum Gasteiger partial charge on any atom is -0.321 e. The van der Waals surface area contributed by atoms with E-state index in [1.807, 2.05) is 30.3 Å². The number of benzene rings is 2. The molecule has 0 radical (unpaired) electrons. The summed E-state index contributed by atoms with van der Waals surface area (Å²) in [5, 5.41) is 3.87. The average Bonchev–Trinajstić information content (AvgIpc) is 3.06. The van der Waals surface area contributed by atoms with Gasteiger partial charge in [0.15, 0.2) is 0 Å². The molecule has 0 saturated heterocycles. The number of thiophene rings is 1. The first-order chi connectivity index (χ1) is 12.5. The second kappa shape index (κ2) is 7.82. The van der Waals surface area contributed by atoms with E-state index in [-0.39, 0.29) is 18.2 Å². The summed E-state index contributed by atoms with van der Waals surface area (Å²) >= 11 is 1.44. The third kappa shape index (κ3) is 4.57. The molecule has 1 aromatic heterocycles. The Kier molecular flexibility index (Phi) is 5.51. The van der Waals surface area contributed by atoms with Crippen LogP contribution in [0.15, 0.2) is 67.3 Å². The molecule has 7 heteroatoms. The SMILES string of the molecule is C=CCNS(=O)(=O)Cc1ccc(NC(=O)c2cc3ccccc3s2)cc1. The number of amides is 1. The number of carbonyl (C=O) groups excluding carboxylic acids is 1. The molecule has 26 heavy (non-hydrogen) atoms. The molecule has 134 valence electrons. The Labute approximate surface area is 156 Å². The molecule has 3 rings (SSSR count). The number of hydrogen-bond acceptors (Lipinski definition) is 4. The molecule has 2 N–H and O–H groups in total. The molecule has 0 aliphatic heterocycles. The maximum atomic E-state index is 12.4. The lowest BCUT2D eigenvalue weighted by Crippen LogP contribution is -2.25. The second-order valence-electron chi connectivity index (χ2n) is 5.70. The summed E-state index contributed by atoms with van der Waals surface area (Å²) in [7, 11) is -3.40. The van der Waals surface area contributed by atoms with Gasteiger partial charge in [-0.15, -0.1) is 17.9 Å². The number of hydrogen-bond donors (Lipinski definition) is 2. The fourth-order valence-corrected chi connectivity index (χ4v) is 4.49. The lowest BCUT2D eigenvalue weighted by Gasteiger charge is -2.07. The van der Waals surface area contributed by atoms with Crippen LogP contribution in [0.25, 0.3) is 10.1 Å². The monoisotopic (exact) mass is 386 g/mol. The van der Waals surface area contributed by atoms with Crippen LogP contribution in [-0.2, 0) is 15.8 Å². The van der Waals surface area contributed by atoms with E-state index in [2.05, 4.69) is 16.6 Å². The number of anilines is 1. The molecule has 0 spiro atoms. The molecule has 5 nitrogen and oxygen atoms in total. The maximum Gasteiger partial charge on any atom is 0.265 e. The van der Waals surface area contributed by atoms with Gasteiger partial charge < -0.3 is 5.32 Å². The van der Waals surface area contributed by atoms with Crippen LogP contribution < -0.4 is 10.0 Å². The van der Waals surface area contributed by atoms with E-state index in [4.69, 9.17) is 0 Å². The van der Waals surface area contributed by atoms with Crippen molar-refractivity contribution < 1.29 is 13.2 Å². The molecule has 0 unspecified atom stereocenters. The smallest absolute Gasteiger partial charge is 0.265 e. The Hall–Kier alpha value is -2.48. The minimum atomic E-state index is -3.40. The summed E-state index contributed by atoms with van der Waals surface area (Å²) in [5.74, 6) is -0.301. The first-order valence-corrected chi connectivity index (χ1v) is 10.4. The van der Waals surface area contributed by atoms with Crippen molar-refractivity contribution in [1.82, 2.24) is 4.72 Å². The second-order valence-corrected chi connectivity index (χ2v) is 8.59. The van der Waals surface area contributed by atoms with Crippen LogP contribution in [0.2, 0.25) is 0 Å². The van der Waals surface area contributed by atoms with Gasteiger partial charge in [-0.05, 0) is 35.2 Å². The van der Waals surface area contributed by atoms with Crippen LogP contribution in [-0.4, -0.2) is 20.9 Å². The van der Waals surface area contributed by atoms with Gasteiger partial charge in [0, 0.05) is 16.9 Å². The number of nitrogens with one attached hydrogen (secondary N) is 2. The third-order valence-corrected chi connectivity index (χ3v) is 6.10. The van der Waals surface area contributed by atoms with Crippen molar-refractivity contribution in [3.63, 3.8) is 0 Å². The Bertz CT molecular complexity index is 1010. The standard InChI is InChI=1S/C19H18N2O3S2/c1-2-11-20-26(23,24)13-14-7-9-16(10-8-14)21-19(22)18-12-15-5-3-4-6-17(15)25-18/h2-10,12,20H,1,11,13H2,(H,21,22). The molecular formula is C19H18N2O3S2. The molecule has 0 aliphatic carbocycles. The van der Waals surface area contributed by atoms with Crippen molar-refractivity contribution in [1.29, 1.82) is 0 Å². The fourth-order valence-electron chi connectivity index (χ4n) is 2.43. The van der Waals surface area contributed by atoms with Crippen LogP contribution in [0.4, 0.5) is 5.69 Å². The number of rotatable bonds is 7. The van der Waals surface area contributed by atoms with Gasteiger partial charge in [-0.25, -0.2) is 13.1 Å². The summed E-state index contributed by atoms with van der Waals surface area (Å²) in [6.07, 6.45) is 1.49. The van der Waals surface area contributed by atoms with Gasteiger partial charge >= 0.3 is 0 Å². The molecule has 0 saturated carbocycles. The van der Waals surface area contributed by atoms with Crippen LogP contribution in [0.5, 0.6) is 0 Å². The van der Waals surface area contributed by atoms with Gasteiger partial charge in [0.1, 0.15) is 0 Å². The van der Waals surface area contributed by atoms with E-state index in [0.717, 1.165) is 10.1 Å². The van der Waals surface area contributed by atoms with E-state index >= 15 is 0 Å². The molecule has 2 aromatic carbocycles. The summed E-state index contributed by atoms with van der Waals surface area (Å²) in [4.78, 5) is 13.0. The highest BCUT2D eigenvalue weighted by molar-refractivity contribution is 7.88. The highest BCUT2D eigenvalue weighted by Crippen LogP contribution is 2.26. The zero-order valence-electron chi connectivity index (χ0n) is 13.9. The molecule has 0 aliphatic rings. The van der Waals surface area contributed by atoms with Crippen molar-refractivity contribution in [2.24, 2.45) is 0 Å². The number of sulfonamides is 1. The maximum absolute atomic E-state index is 12.4. The van der Waals surface area contributed by atoms with Crippen LogP contribution >= 0.6 is 11.3 Å². The van der Waals surface area contributed by atoms with Crippen molar-refractivity contribution in [3.05, 3.63) is 77.7 Å². The first-order valence-electron chi connectivity index (χ1n) is 7.94. The van der Waals surface area contributed by atoms with Crippen molar-refractivity contribution in [2.45, 2.75) is 5.75 Å². The Morgan fingerprint density at radius 3 is 2.54 bits per heavy atom. The van der Waals surface area contributed by atoms with Crippen LogP contribution in [0.1, 0.15) is 15.2 Å². The van der Waals surface area contributed by atoms with Crippen molar-refractivity contribution >= 4 is 43.0 Å². The topological polar surface area (TPSA) is 75.3 Å². The lowest BCUT2D eigenvalue weighted by molar-refractivity contribution is 0.103. The van der Waals surface area contributed by atoms with Gasteiger partial charge in [0.2, 0.25) is 10.0 Å². The van der Waals surface area contributed by atoms with E-state index in [0.29, 0.717) is 16.1 Å². The third-order valence-electron chi connectivity index (χ3n) is 3.67. The fraction of sp³-hybridized carbons (Fsp3) is 0.105. The molecule has 0 fully saturated rings. The molecule has 1 heterocycles. The summed E-state index contributed by atoms with van der Waals surface area (Å²) in [6.45, 7) is 3.68. The van der Waals surface area contributed by atoms with Crippen molar-refractivity contribution in [2.75, 3.05) is 11.9 Å². The molecule has 3 aromatic rings. The molecule has 0 atom stereocenters. The molecule has 0 bridgehead atoms. The average molecular weight is 386 g/mol. The molecular weight excluding hydrogens is 368 g/mol. The van der Waals surface area contributed by atoms with E-state index in [9.17, 15) is 13.2 Å². The van der Waals surface area contributed by atoms with Gasteiger partial charge in [-0.1, -0.05) is 36.4 Å². The van der Waals surface area contributed by atoms with Crippen LogP contribution in [0.3, 0.4) is 0 Å². The zero-order valence-corrected chi connectivity index (χ0v) is 15.6. The summed E-state index contributed by atoms with van der Waals surface area (Å²) in [6, 6.07) is 16.5. The number of fused-ring (bicyclic) bond motifs is 1. The van der Waals surface area contributed by atoms with E-state index in [1.54, 1.807) is 24.3 Å². The first kappa shape index (κ1) is 18.3. The van der Waals surface area contributed by atoms with Crippen LogP contribution in [0, 0.1) is 0 Å². The van der Waals surface area contributed by atoms with Gasteiger partial charge in [0.25, 0.3) is 5.91 Å². The minimum absolute atomic E-state index is 0.120. The Morgan fingerprint density at radius 2 is 1.85 bits per heavy atom. The number of carbonyl (C=O) groups is 1. The Morgan fingerprint density at radius 1 is 1.12 bits per heavy atom. The lowest BCUT2D eigenvalue weighted by atomic mass is 10.2. The zero-order chi connectivity index (χ0) is 18.6. The predicted molar refractivity (Wildman–Crippen MR) is 107 cm³/mol. The van der Waals surface area contributed by atoms with E-state index in [1.165, 1.54) is 17.4 Å².